The van der Waals surface area contributed by atoms with Gasteiger partial charge >= 0.3 is 0 Å². The minimum Gasteiger partial charge on any atom is -0.282 e. The summed E-state index contributed by atoms with van der Waals surface area (Å²) in [5.41, 5.74) is 4.59. The van der Waals surface area contributed by atoms with E-state index in [4.69, 9.17) is 0 Å². The van der Waals surface area contributed by atoms with Gasteiger partial charge in [0.25, 0.3) is 0 Å². The highest BCUT2D eigenvalue weighted by molar-refractivity contribution is 7.88. The molecule has 1 fully saturated rings. The third-order valence-electron chi connectivity index (χ3n) is 4.54. The zero-order chi connectivity index (χ0) is 17.3. The van der Waals surface area contributed by atoms with Gasteiger partial charge in [0.1, 0.15) is 0 Å². The summed E-state index contributed by atoms with van der Waals surface area (Å²) < 4.78 is 25.0. The summed E-state index contributed by atoms with van der Waals surface area (Å²) in [6.45, 7) is 5.10. The number of aryl methyl sites for hydroxylation is 2. The quantitative estimate of drug-likeness (QED) is 0.907. The standard InChI is InChI=1S/C16H23N5O2S/c1-11-16(12(2)20-19-11)15-9-17-14(8-18-15)7-13-5-4-6-21(10-13)24(3,22)23/h8-9,13H,4-7,10H2,1-3H3,(H,19,20)/t13-/m1/s1. The molecule has 0 saturated carbocycles. The van der Waals surface area contributed by atoms with E-state index in [-0.39, 0.29) is 0 Å². The smallest absolute Gasteiger partial charge is 0.211 e. The molecule has 1 atom stereocenters. The van der Waals surface area contributed by atoms with Crippen molar-refractivity contribution in [3.8, 4) is 11.3 Å². The van der Waals surface area contributed by atoms with E-state index >= 15 is 0 Å². The largest absolute Gasteiger partial charge is 0.282 e. The van der Waals surface area contributed by atoms with Gasteiger partial charge in [-0.3, -0.25) is 15.1 Å². The molecule has 2 aromatic rings. The Morgan fingerprint density at radius 2 is 2.08 bits per heavy atom. The number of aromatic amines is 1. The van der Waals surface area contributed by atoms with Crippen LogP contribution in [0.15, 0.2) is 12.4 Å². The number of rotatable bonds is 4. The second kappa shape index (κ2) is 6.60. The fourth-order valence-corrected chi connectivity index (χ4v) is 4.25. The van der Waals surface area contributed by atoms with Gasteiger partial charge < -0.3 is 0 Å². The zero-order valence-electron chi connectivity index (χ0n) is 14.3. The molecule has 0 unspecified atom stereocenters. The van der Waals surface area contributed by atoms with Crippen LogP contribution < -0.4 is 0 Å². The van der Waals surface area contributed by atoms with Crippen molar-refractivity contribution in [3.63, 3.8) is 0 Å². The van der Waals surface area contributed by atoms with E-state index < -0.39 is 10.0 Å². The summed E-state index contributed by atoms with van der Waals surface area (Å²) in [6, 6.07) is 0. The lowest BCUT2D eigenvalue weighted by Crippen LogP contribution is -2.39. The lowest BCUT2D eigenvalue weighted by Gasteiger charge is -2.30. The first-order valence-corrected chi connectivity index (χ1v) is 9.97. The van der Waals surface area contributed by atoms with E-state index in [1.165, 1.54) is 6.26 Å². The maximum Gasteiger partial charge on any atom is 0.211 e. The molecule has 0 amide bonds. The highest BCUT2D eigenvalue weighted by atomic mass is 32.2. The van der Waals surface area contributed by atoms with Crippen molar-refractivity contribution in [2.75, 3.05) is 19.3 Å². The molecule has 8 heteroatoms. The average molecular weight is 349 g/mol. The molecule has 0 spiro atoms. The normalized spacial score (nSPS) is 19.5. The van der Waals surface area contributed by atoms with Gasteiger partial charge in [-0.25, -0.2) is 12.7 Å². The van der Waals surface area contributed by atoms with E-state index in [0.717, 1.165) is 47.6 Å². The fraction of sp³-hybridized carbons (Fsp3) is 0.562. The van der Waals surface area contributed by atoms with Gasteiger partial charge in [-0.05, 0) is 39.0 Å². The summed E-state index contributed by atoms with van der Waals surface area (Å²) in [5.74, 6) is 0.297. The summed E-state index contributed by atoms with van der Waals surface area (Å²) in [6.07, 6.45) is 7.52. The van der Waals surface area contributed by atoms with E-state index in [1.807, 2.05) is 13.8 Å². The second-order valence-electron chi connectivity index (χ2n) is 6.54. The van der Waals surface area contributed by atoms with E-state index in [9.17, 15) is 8.42 Å². The summed E-state index contributed by atoms with van der Waals surface area (Å²) in [5, 5.41) is 7.14. The molecule has 0 aliphatic carbocycles. The van der Waals surface area contributed by atoms with E-state index in [2.05, 4.69) is 20.2 Å². The average Bonchev–Trinajstić information content (AvgIpc) is 2.87. The van der Waals surface area contributed by atoms with Crippen LogP contribution in [-0.2, 0) is 16.4 Å². The van der Waals surface area contributed by atoms with Gasteiger partial charge in [0.05, 0.1) is 29.5 Å². The molecular formula is C16H23N5O2S. The van der Waals surface area contributed by atoms with Crippen LogP contribution in [0.3, 0.4) is 0 Å². The number of aromatic nitrogens is 4. The van der Waals surface area contributed by atoms with E-state index in [1.54, 1.807) is 16.7 Å². The highest BCUT2D eigenvalue weighted by Crippen LogP contribution is 2.24. The van der Waals surface area contributed by atoms with Crippen LogP contribution in [0.25, 0.3) is 11.3 Å². The van der Waals surface area contributed by atoms with E-state index in [0.29, 0.717) is 19.0 Å². The number of piperidine rings is 1. The van der Waals surface area contributed by atoms with Crippen LogP contribution in [0.4, 0.5) is 0 Å². The van der Waals surface area contributed by atoms with Crippen LogP contribution in [0.5, 0.6) is 0 Å². The summed E-state index contributed by atoms with van der Waals surface area (Å²) in [7, 11) is -3.11. The van der Waals surface area contributed by atoms with Gasteiger partial charge in [-0.2, -0.15) is 5.10 Å². The third kappa shape index (κ3) is 3.64. The van der Waals surface area contributed by atoms with Gasteiger partial charge in [0, 0.05) is 30.5 Å². The fourth-order valence-electron chi connectivity index (χ4n) is 3.31. The minimum atomic E-state index is -3.11. The number of sulfonamides is 1. The van der Waals surface area contributed by atoms with Crippen molar-refractivity contribution in [3.05, 3.63) is 29.5 Å². The number of hydrogen-bond donors (Lipinski definition) is 1. The first kappa shape index (κ1) is 17.0. The Morgan fingerprint density at radius 1 is 1.29 bits per heavy atom. The maximum atomic E-state index is 11.7. The number of nitrogens with one attached hydrogen (secondary N) is 1. The first-order valence-electron chi connectivity index (χ1n) is 8.12. The Bertz CT molecular complexity index is 794. The van der Waals surface area contributed by atoms with Gasteiger partial charge in [0.15, 0.2) is 0 Å². The topological polar surface area (TPSA) is 91.8 Å². The molecule has 3 rings (SSSR count). The van der Waals surface area contributed by atoms with Crippen molar-refractivity contribution in [1.29, 1.82) is 0 Å². The Labute approximate surface area is 142 Å². The number of nitrogens with zero attached hydrogens (tertiary/aromatic N) is 4. The van der Waals surface area contributed by atoms with Gasteiger partial charge in [-0.1, -0.05) is 0 Å². The van der Waals surface area contributed by atoms with Gasteiger partial charge in [-0.15, -0.1) is 0 Å². The summed E-state index contributed by atoms with van der Waals surface area (Å²) >= 11 is 0. The first-order chi connectivity index (χ1) is 11.3. The lowest BCUT2D eigenvalue weighted by atomic mass is 9.95. The molecule has 2 aromatic heterocycles. The summed E-state index contributed by atoms with van der Waals surface area (Å²) in [4.78, 5) is 9.05. The predicted molar refractivity (Wildman–Crippen MR) is 91.9 cm³/mol. The predicted octanol–water partition coefficient (Wildman–Crippen LogP) is 1.70. The molecule has 3 heterocycles. The van der Waals surface area contributed by atoms with Crippen LogP contribution >= 0.6 is 0 Å². The molecular weight excluding hydrogens is 326 g/mol. The monoisotopic (exact) mass is 349 g/mol. The Hall–Kier alpha value is -1.80. The molecule has 24 heavy (non-hydrogen) atoms. The van der Waals surface area contributed by atoms with Crippen molar-refractivity contribution in [2.45, 2.75) is 33.1 Å². The van der Waals surface area contributed by atoms with Crippen molar-refractivity contribution in [1.82, 2.24) is 24.5 Å². The Balaban J connectivity index is 1.71. The van der Waals surface area contributed by atoms with Crippen LogP contribution in [0.1, 0.15) is 29.9 Å². The molecule has 0 aromatic carbocycles. The molecule has 130 valence electrons. The maximum absolute atomic E-state index is 11.7. The second-order valence-corrected chi connectivity index (χ2v) is 8.52. The molecule has 1 N–H and O–H groups in total. The molecule has 1 aliphatic heterocycles. The molecule has 7 nitrogen and oxygen atoms in total. The van der Waals surface area contributed by atoms with Crippen LogP contribution in [0, 0.1) is 19.8 Å². The van der Waals surface area contributed by atoms with Crippen molar-refractivity contribution >= 4 is 10.0 Å². The van der Waals surface area contributed by atoms with Crippen LogP contribution in [-0.4, -0.2) is 52.2 Å². The Morgan fingerprint density at radius 3 is 2.67 bits per heavy atom. The molecule has 0 bridgehead atoms. The molecule has 1 aliphatic rings. The molecule has 0 radical (unpaired) electrons. The number of hydrogen-bond acceptors (Lipinski definition) is 5. The minimum absolute atomic E-state index is 0.297. The Kier molecular flexibility index (Phi) is 4.69. The van der Waals surface area contributed by atoms with Gasteiger partial charge in [0.2, 0.25) is 10.0 Å². The SMILES string of the molecule is Cc1n[nH]c(C)c1-c1cnc(C[C@H]2CCCN(S(C)(=O)=O)C2)cn1. The zero-order valence-corrected chi connectivity index (χ0v) is 15.1. The molecule has 1 saturated heterocycles. The van der Waals surface area contributed by atoms with Crippen LogP contribution in [0.2, 0.25) is 0 Å². The third-order valence-corrected chi connectivity index (χ3v) is 5.81. The number of H-pyrrole nitrogens is 1. The van der Waals surface area contributed by atoms with Crippen molar-refractivity contribution in [2.24, 2.45) is 5.92 Å². The highest BCUT2D eigenvalue weighted by Gasteiger charge is 2.26. The van der Waals surface area contributed by atoms with Crippen molar-refractivity contribution < 1.29 is 8.42 Å². The lowest BCUT2D eigenvalue weighted by molar-refractivity contribution is 0.265.